The third-order valence-corrected chi connectivity index (χ3v) is 7.33. The molecule has 9 heteroatoms. The minimum absolute atomic E-state index is 0.123. The second-order valence-electron chi connectivity index (χ2n) is 11.3. The zero-order valence-electron chi connectivity index (χ0n) is 25.7. The number of hydrogen-bond acceptors (Lipinski definition) is 9. The van der Waals surface area contributed by atoms with Gasteiger partial charge in [-0.1, -0.05) is 53.1 Å². The number of carbonyl (C=O) groups excluding carboxylic acids is 3. The summed E-state index contributed by atoms with van der Waals surface area (Å²) in [5.74, 6) is -2.00. The maximum Gasteiger partial charge on any atom is 0.338 e. The van der Waals surface area contributed by atoms with Gasteiger partial charge in [-0.15, -0.1) is 0 Å². The van der Waals surface area contributed by atoms with Crippen LogP contribution in [0.5, 0.6) is 0 Å². The van der Waals surface area contributed by atoms with Crippen molar-refractivity contribution in [3.63, 3.8) is 0 Å². The van der Waals surface area contributed by atoms with Gasteiger partial charge < -0.3 is 23.8 Å². The lowest BCUT2D eigenvalue weighted by atomic mass is 9.88. The van der Waals surface area contributed by atoms with Gasteiger partial charge in [0.1, 0.15) is 18.8 Å². The molecule has 4 rings (SSSR count). The number of ether oxygens (including phenoxy) is 4. The van der Waals surface area contributed by atoms with E-state index < -0.39 is 41.8 Å². The van der Waals surface area contributed by atoms with Crippen LogP contribution < -0.4 is 0 Å². The van der Waals surface area contributed by atoms with Gasteiger partial charge in [0, 0.05) is 20.3 Å². The van der Waals surface area contributed by atoms with Gasteiger partial charge in [0.15, 0.2) is 11.7 Å². The van der Waals surface area contributed by atoms with Gasteiger partial charge in [-0.25, -0.2) is 14.4 Å². The number of rotatable bonds is 9. The summed E-state index contributed by atoms with van der Waals surface area (Å²) in [4.78, 5) is 41.5. The molecule has 228 valence electrons. The molecule has 9 nitrogen and oxygen atoms in total. The van der Waals surface area contributed by atoms with Gasteiger partial charge in [0.25, 0.3) is 0 Å². The molecule has 3 aromatic rings. The van der Waals surface area contributed by atoms with Gasteiger partial charge in [0.2, 0.25) is 0 Å². The molecule has 1 aliphatic heterocycles. The van der Waals surface area contributed by atoms with Gasteiger partial charge in [0.05, 0.1) is 28.3 Å². The zero-order valence-corrected chi connectivity index (χ0v) is 25.7. The number of carbonyl (C=O) groups is 3. The Morgan fingerprint density at radius 1 is 0.818 bits per heavy atom. The highest BCUT2D eigenvalue weighted by atomic mass is 16.7. The van der Waals surface area contributed by atoms with Crippen LogP contribution >= 0.6 is 0 Å². The molecule has 0 radical (unpaired) electrons. The van der Waals surface area contributed by atoms with Crippen LogP contribution in [0, 0.1) is 32.1 Å². The molecular formula is C35H36N2O7. The summed E-state index contributed by atoms with van der Waals surface area (Å²) in [5.41, 5.74) is 2.19. The molecule has 1 fully saturated rings. The van der Waals surface area contributed by atoms with Crippen LogP contribution in [0.2, 0.25) is 0 Å². The first-order valence-electron chi connectivity index (χ1n) is 14.2. The standard InChI is InChI=1S/C35H36N2O7/c1-22-7-13-25(14-8-22)32(38)41-21-29-31(43-33(39)26-15-9-23(2)10-16-26)35(4,30(42-29)28(19-36)20-37(5)6)44-34(40)27-17-11-24(3)12-18-27/h7-18,20,29-31H,21H2,1-6H3/t29?,30-,31-,35+/m1/s1. The molecule has 0 aliphatic carbocycles. The Kier molecular flexibility index (Phi) is 9.87. The molecular weight excluding hydrogens is 560 g/mol. The Morgan fingerprint density at radius 2 is 1.27 bits per heavy atom. The molecule has 0 bridgehead atoms. The summed E-state index contributed by atoms with van der Waals surface area (Å²) >= 11 is 0. The van der Waals surface area contributed by atoms with E-state index in [0.717, 1.165) is 16.7 Å². The lowest BCUT2D eigenvalue weighted by Gasteiger charge is -2.34. The van der Waals surface area contributed by atoms with Crippen molar-refractivity contribution in [1.82, 2.24) is 4.90 Å². The van der Waals surface area contributed by atoms with Crippen LogP contribution in [0.3, 0.4) is 0 Å². The van der Waals surface area contributed by atoms with Gasteiger partial charge >= 0.3 is 17.9 Å². The number of hydrogen-bond donors (Lipinski definition) is 0. The molecule has 4 atom stereocenters. The first-order chi connectivity index (χ1) is 20.9. The zero-order chi connectivity index (χ0) is 32.0. The average Bonchev–Trinajstić information content (AvgIpc) is 3.25. The van der Waals surface area contributed by atoms with E-state index in [0.29, 0.717) is 5.56 Å². The average molecular weight is 597 g/mol. The Hall–Kier alpha value is -4.94. The lowest BCUT2D eigenvalue weighted by molar-refractivity contribution is -0.0820. The van der Waals surface area contributed by atoms with E-state index >= 15 is 0 Å². The molecule has 0 amide bonds. The third kappa shape index (κ3) is 7.33. The van der Waals surface area contributed by atoms with Crippen LogP contribution in [0.25, 0.3) is 0 Å². The highest BCUT2D eigenvalue weighted by molar-refractivity contribution is 5.91. The van der Waals surface area contributed by atoms with Crippen molar-refractivity contribution in [1.29, 1.82) is 5.26 Å². The second-order valence-corrected chi connectivity index (χ2v) is 11.3. The van der Waals surface area contributed by atoms with E-state index in [2.05, 4.69) is 6.07 Å². The van der Waals surface area contributed by atoms with Crippen LogP contribution in [0.1, 0.15) is 54.7 Å². The third-order valence-electron chi connectivity index (χ3n) is 7.33. The maximum absolute atomic E-state index is 13.5. The Balaban J connectivity index is 1.73. The van der Waals surface area contributed by atoms with Gasteiger partial charge in [-0.05, 0) is 64.1 Å². The summed E-state index contributed by atoms with van der Waals surface area (Å²) in [5, 5.41) is 10.1. The normalized spacial score (nSPS) is 21.2. The molecule has 3 aromatic carbocycles. The maximum atomic E-state index is 13.5. The van der Waals surface area contributed by atoms with Crippen molar-refractivity contribution < 1.29 is 33.3 Å². The van der Waals surface area contributed by atoms with Crippen LogP contribution in [0.4, 0.5) is 0 Å². The number of aryl methyl sites for hydroxylation is 3. The van der Waals surface area contributed by atoms with E-state index in [1.807, 2.05) is 20.8 Å². The monoisotopic (exact) mass is 596 g/mol. The van der Waals surface area contributed by atoms with E-state index in [1.165, 1.54) is 0 Å². The first-order valence-corrected chi connectivity index (χ1v) is 14.2. The lowest BCUT2D eigenvalue weighted by Crippen LogP contribution is -2.52. The van der Waals surface area contributed by atoms with E-state index in [-0.39, 0.29) is 23.3 Å². The predicted octanol–water partition coefficient (Wildman–Crippen LogP) is 5.35. The molecule has 1 aliphatic rings. The predicted molar refractivity (Wildman–Crippen MR) is 163 cm³/mol. The van der Waals surface area contributed by atoms with Crippen molar-refractivity contribution in [3.05, 3.63) is 118 Å². The van der Waals surface area contributed by atoms with E-state index in [9.17, 15) is 19.6 Å². The topological polar surface area (TPSA) is 115 Å². The van der Waals surface area contributed by atoms with Crippen molar-refractivity contribution in [2.24, 2.45) is 0 Å². The van der Waals surface area contributed by atoms with E-state index in [1.54, 1.807) is 105 Å². The summed E-state index contributed by atoms with van der Waals surface area (Å²) in [6.45, 7) is 6.91. The minimum Gasteiger partial charge on any atom is -0.459 e. The van der Waals surface area contributed by atoms with Gasteiger partial charge in [-0.3, -0.25) is 0 Å². The molecule has 0 N–H and O–H groups in total. The summed E-state index contributed by atoms with van der Waals surface area (Å²) in [7, 11) is 3.47. The first kappa shape index (κ1) is 32.0. The van der Waals surface area contributed by atoms with Crippen LogP contribution in [-0.2, 0) is 18.9 Å². The number of benzene rings is 3. The van der Waals surface area contributed by atoms with E-state index in [4.69, 9.17) is 18.9 Å². The molecule has 1 heterocycles. The summed E-state index contributed by atoms with van der Waals surface area (Å²) in [6.07, 6.45) is -1.97. The van der Waals surface area contributed by atoms with Crippen molar-refractivity contribution in [3.8, 4) is 6.07 Å². The number of nitrogens with zero attached hydrogens (tertiary/aromatic N) is 2. The minimum atomic E-state index is -1.69. The van der Waals surface area contributed by atoms with Crippen LogP contribution in [0.15, 0.2) is 84.6 Å². The highest BCUT2D eigenvalue weighted by Gasteiger charge is 2.60. The molecule has 44 heavy (non-hydrogen) atoms. The molecule has 1 saturated heterocycles. The SMILES string of the molecule is Cc1ccc(C(=O)OCC2O[C@H](C(C#N)=CN(C)C)[C@](C)(OC(=O)c3ccc(C)cc3)[C@@H]2OC(=O)c2ccc(C)cc2)cc1. The van der Waals surface area contributed by atoms with Crippen LogP contribution in [-0.4, -0.2) is 67.4 Å². The summed E-state index contributed by atoms with van der Waals surface area (Å²) < 4.78 is 24.1. The highest BCUT2D eigenvalue weighted by Crippen LogP contribution is 2.41. The number of esters is 3. The molecule has 1 unspecified atom stereocenters. The molecule has 0 spiro atoms. The Bertz CT molecular complexity index is 1570. The Labute approximate surface area is 257 Å². The smallest absolute Gasteiger partial charge is 0.338 e. The fraction of sp³-hybridized carbons (Fsp3) is 0.314. The molecule has 0 aromatic heterocycles. The quantitative estimate of drug-likeness (QED) is 0.183. The van der Waals surface area contributed by atoms with Crippen molar-refractivity contribution >= 4 is 17.9 Å². The largest absolute Gasteiger partial charge is 0.459 e. The fourth-order valence-corrected chi connectivity index (χ4v) is 4.90. The number of nitriles is 1. The second kappa shape index (κ2) is 13.6. The fourth-order valence-electron chi connectivity index (χ4n) is 4.90. The molecule has 0 saturated carbocycles. The van der Waals surface area contributed by atoms with Gasteiger partial charge in [-0.2, -0.15) is 5.26 Å². The van der Waals surface area contributed by atoms with Crippen molar-refractivity contribution in [2.45, 2.75) is 51.6 Å². The summed E-state index contributed by atoms with van der Waals surface area (Å²) in [6, 6.07) is 22.6. The Morgan fingerprint density at radius 3 is 1.73 bits per heavy atom. The van der Waals surface area contributed by atoms with Crippen molar-refractivity contribution in [2.75, 3.05) is 20.7 Å².